The van der Waals surface area contributed by atoms with E-state index in [0.29, 0.717) is 5.56 Å². The van der Waals surface area contributed by atoms with Crippen LogP contribution in [0.1, 0.15) is 36.7 Å². The van der Waals surface area contributed by atoms with Crippen molar-refractivity contribution in [3.05, 3.63) is 29.3 Å². The van der Waals surface area contributed by atoms with Gasteiger partial charge in [-0.05, 0) is 44.5 Å². The summed E-state index contributed by atoms with van der Waals surface area (Å²) in [6, 6.07) is 4.12. The summed E-state index contributed by atoms with van der Waals surface area (Å²) in [5, 5.41) is 20.4. The molecule has 6 nitrogen and oxygen atoms in total. The molecule has 3 N–H and O–H groups in total. The van der Waals surface area contributed by atoms with Crippen LogP contribution in [0, 0.1) is 0 Å². The number of aromatic carboxylic acids is 1. The topological polar surface area (TPSA) is 95.9 Å². The molecule has 0 spiro atoms. The maximum absolute atomic E-state index is 11.6. The second kappa shape index (κ2) is 5.71. The van der Waals surface area contributed by atoms with Crippen molar-refractivity contribution < 1.29 is 24.5 Å². The van der Waals surface area contributed by atoms with Crippen molar-refractivity contribution in [2.75, 3.05) is 5.32 Å². The Morgan fingerprint density at radius 3 is 2.37 bits per heavy atom. The molecule has 0 aliphatic heterocycles. The molecular formula is C13H17NO5. The van der Waals surface area contributed by atoms with Crippen molar-refractivity contribution in [1.82, 2.24) is 0 Å². The number of hydrogen-bond donors (Lipinski definition) is 3. The zero-order valence-electron chi connectivity index (χ0n) is 11.1. The van der Waals surface area contributed by atoms with Crippen molar-refractivity contribution in [3.63, 3.8) is 0 Å². The number of carboxylic acids is 1. The number of nitrogens with one attached hydrogen (secondary N) is 1. The van der Waals surface area contributed by atoms with Gasteiger partial charge in [0.1, 0.15) is 5.60 Å². The van der Waals surface area contributed by atoms with Gasteiger partial charge in [-0.15, -0.1) is 0 Å². The zero-order chi connectivity index (χ0) is 14.6. The first-order valence-electron chi connectivity index (χ1n) is 5.69. The van der Waals surface area contributed by atoms with E-state index in [2.05, 4.69) is 5.32 Å². The molecule has 0 aromatic heterocycles. The summed E-state index contributed by atoms with van der Waals surface area (Å²) >= 11 is 0. The largest absolute Gasteiger partial charge is 0.478 e. The van der Waals surface area contributed by atoms with Gasteiger partial charge in [-0.3, -0.25) is 5.32 Å². The fraction of sp³-hybridized carbons (Fsp3) is 0.385. The Hall–Kier alpha value is -2.08. The predicted octanol–water partition coefficient (Wildman–Crippen LogP) is 2.22. The average Bonchev–Trinajstić information content (AvgIpc) is 2.25. The average molecular weight is 267 g/mol. The van der Waals surface area contributed by atoms with Gasteiger partial charge in [-0.1, -0.05) is 0 Å². The van der Waals surface area contributed by atoms with Crippen LogP contribution < -0.4 is 5.32 Å². The number of rotatable bonds is 3. The van der Waals surface area contributed by atoms with Crippen molar-refractivity contribution in [3.8, 4) is 0 Å². The fourth-order valence-electron chi connectivity index (χ4n) is 1.40. The summed E-state index contributed by atoms with van der Waals surface area (Å²) in [4.78, 5) is 22.5. The molecule has 6 heteroatoms. The summed E-state index contributed by atoms with van der Waals surface area (Å²) in [5.74, 6) is -1.14. The molecule has 0 heterocycles. The van der Waals surface area contributed by atoms with Crippen LogP contribution in [-0.2, 0) is 11.3 Å². The first kappa shape index (κ1) is 15.0. The SMILES string of the molecule is CC(C)(C)OC(=O)Nc1cc(CO)cc(C(=O)O)c1. The number of hydrogen-bond acceptors (Lipinski definition) is 4. The molecule has 0 aliphatic carbocycles. The molecule has 0 atom stereocenters. The molecule has 0 unspecified atom stereocenters. The van der Waals surface area contributed by atoms with E-state index in [-0.39, 0.29) is 17.9 Å². The summed E-state index contributed by atoms with van der Waals surface area (Å²) < 4.78 is 5.06. The highest BCUT2D eigenvalue weighted by atomic mass is 16.6. The normalized spacial score (nSPS) is 10.9. The van der Waals surface area contributed by atoms with Crippen LogP contribution >= 0.6 is 0 Å². The lowest BCUT2D eigenvalue weighted by atomic mass is 10.1. The minimum Gasteiger partial charge on any atom is -0.478 e. The zero-order valence-corrected chi connectivity index (χ0v) is 11.1. The van der Waals surface area contributed by atoms with Crippen LogP contribution in [0.3, 0.4) is 0 Å². The number of aliphatic hydroxyl groups excluding tert-OH is 1. The summed E-state index contributed by atoms with van der Waals surface area (Å²) in [5.41, 5.74) is -0.00402. The Balaban J connectivity index is 2.91. The smallest absolute Gasteiger partial charge is 0.412 e. The second-order valence-corrected chi connectivity index (χ2v) is 5.01. The number of carbonyl (C=O) groups is 2. The first-order valence-corrected chi connectivity index (χ1v) is 5.69. The van der Waals surface area contributed by atoms with Gasteiger partial charge in [0.25, 0.3) is 0 Å². The minimum absolute atomic E-state index is 0.0161. The Morgan fingerprint density at radius 2 is 1.89 bits per heavy atom. The third-order valence-electron chi connectivity index (χ3n) is 2.07. The van der Waals surface area contributed by atoms with Crippen LogP contribution in [0.2, 0.25) is 0 Å². The van der Waals surface area contributed by atoms with Crippen molar-refractivity contribution in [2.24, 2.45) is 0 Å². The number of ether oxygens (including phenoxy) is 1. The molecular weight excluding hydrogens is 250 g/mol. The summed E-state index contributed by atoms with van der Waals surface area (Å²) in [7, 11) is 0. The van der Waals surface area contributed by atoms with Gasteiger partial charge in [0.2, 0.25) is 0 Å². The maximum Gasteiger partial charge on any atom is 0.412 e. The number of carboxylic acid groups (broad SMARTS) is 1. The van der Waals surface area contributed by atoms with Gasteiger partial charge < -0.3 is 14.9 Å². The van der Waals surface area contributed by atoms with Gasteiger partial charge >= 0.3 is 12.1 Å². The van der Waals surface area contributed by atoms with E-state index in [1.54, 1.807) is 20.8 Å². The monoisotopic (exact) mass is 267 g/mol. The van der Waals surface area contributed by atoms with Crippen LogP contribution in [0.15, 0.2) is 18.2 Å². The summed E-state index contributed by atoms with van der Waals surface area (Å²) in [6.07, 6.45) is -0.682. The molecule has 1 rings (SSSR count). The molecule has 1 amide bonds. The van der Waals surface area contributed by atoms with E-state index in [1.165, 1.54) is 18.2 Å². The number of amides is 1. The molecule has 0 radical (unpaired) electrons. The Morgan fingerprint density at radius 1 is 1.26 bits per heavy atom. The van der Waals surface area contributed by atoms with E-state index in [4.69, 9.17) is 14.9 Å². The minimum atomic E-state index is -1.14. The van der Waals surface area contributed by atoms with Crippen molar-refractivity contribution in [2.45, 2.75) is 33.0 Å². The predicted molar refractivity (Wildman–Crippen MR) is 69.2 cm³/mol. The highest BCUT2D eigenvalue weighted by Crippen LogP contribution is 2.17. The van der Waals surface area contributed by atoms with E-state index in [1.807, 2.05) is 0 Å². The van der Waals surface area contributed by atoms with Crippen molar-refractivity contribution in [1.29, 1.82) is 0 Å². The van der Waals surface area contributed by atoms with E-state index >= 15 is 0 Å². The molecule has 1 aromatic carbocycles. The van der Waals surface area contributed by atoms with Crippen LogP contribution in [-0.4, -0.2) is 27.9 Å². The quantitative estimate of drug-likeness (QED) is 0.780. The Bertz CT molecular complexity index is 490. The lowest BCUT2D eigenvalue weighted by molar-refractivity contribution is 0.0632. The molecule has 0 bridgehead atoms. The maximum atomic E-state index is 11.6. The molecule has 0 fully saturated rings. The standard InChI is InChI=1S/C13H17NO5/c1-13(2,3)19-12(18)14-10-5-8(7-15)4-9(6-10)11(16)17/h4-6,15H,7H2,1-3H3,(H,14,18)(H,16,17). The number of anilines is 1. The third kappa shape index (κ3) is 4.97. The van der Waals surface area contributed by atoms with Crippen LogP contribution in [0.4, 0.5) is 10.5 Å². The highest BCUT2D eigenvalue weighted by Gasteiger charge is 2.17. The summed E-state index contributed by atoms with van der Waals surface area (Å²) in [6.45, 7) is 4.85. The lowest BCUT2D eigenvalue weighted by Crippen LogP contribution is -2.27. The van der Waals surface area contributed by atoms with E-state index in [9.17, 15) is 9.59 Å². The fourth-order valence-corrected chi connectivity index (χ4v) is 1.40. The number of carbonyl (C=O) groups excluding carboxylic acids is 1. The second-order valence-electron chi connectivity index (χ2n) is 5.01. The Labute approximate surface area is 111 Å². The van der Waals surface area contributed by atoms with Gasteiger partial charge in [0.05, 0.1) is 12.2 Å². The van der Waals surface area contributed by atoms with Gasteiger partial charge in [0, 0.05) is 5.69 Å². The first-order chi connectivity index (χ1) is 8.71. The third-order valence-corrected chi connectivity index (χ3v) is 2.07. The van der Waals surface area contributed by atoms with Gasteiger partial charge in [0.15, 0.2) is 0 Å². The van der Waals surface area contributed by atoms with Gasteiger partial charge in [-0.25, -0.2) is 9.59 Å². The molecule has 0 aliphatic rings. The highest BCUT2D eigenvalue weighted by molar-refractivity contribution is 5.91. The van der Waals surface area contributed by atoms with Crippen LogP contribution in [0.25, 0.3) is 0 Å². The molecule has 0 saturated carbocycles. The number of benzene rings is 1. The van der Waals surface area contributed by atoms with Gasteiger partial charge in [-0.2, -0.15) is 0 Å². The molecule has 19 heavy (non-hydrogen) atoms. The van der Waals surface area contributed by atoms with E-state index < -0.39 is 17.7 Å². The lowest BCUT2D eigenvalue weighted by Gasteiger charge is -2.19. The van der Waals surface area contributed by atoms with Crippen LogP contribution in [0.5, 0.6) is 0 Å². The molecule has 1 aromatic rings. The number of aliphatic hydroxyl groups is 1. The molecule has 104 valence electrons. The Kier molecular flexibility index (Phi) is 4.50. The molecule has 0 saturated heterocycles. The van der Waals surface area contributed by atoms with E-state index in [0.717, 1.165) is 0 Å². The van der Waals surface area contributed by atoms with Crippen molar-refractivity contribution >= 4 is 17.7 Å².